The number of aliphatic hydroxyl groups is 2. The largest absolute Gasteiger partial charge is 0.462 e. The van der Waals surface area contributed by atoms with Crippen molar-refractivity contribution < 1.29 is 38.4 Å². The summed E-state index contributed by atoms with van der Waals surface area (Å²) in [6.45, 7) is 3.40. The lowest BCUT2D eigenvalue weighted by atomic mass is 10.1. The van der Waals surface area contributed by atoms with Crippen molar-refractivity contribution in [2.45, 2.75) is 51.6 Å². The number of carbonyl (C=O) groups is 2. The van der Waals surface area contributed by atoms with Gasteiger partial charge in [0.25, 0.3) is 0 Å². The van der Waals surface area contributed by atoms with Gasteiger partial charge in [-0.3, -0.25) is 9.59 Å². The first-order chi connectivity index (χ1) is 18.2. The third-order valence-corrected chi connectivity index (χ3v) is 5.98. The van der Waals surface area contributed by atoms with Gasteiger partial charge in [0.05, 0.1) is 6.61 Å². The number of aryl methyl sites for hydroxylation is 1. The van der Waals surface area contributed by atoms with Crippen LogP contribution in [0.15, 0.2) is 69.4 Å². The van der Waals surface area contributed by atoms with Crippen LogP contribution in [0.5, 0.6) is 11.5 Å². The predicted molar refractivity (Wildman–Crippen MR) is 138 cm³/mol. The molecule has 0 unspecified atom stereocenters. The Morgan fingerprint density at radius 2 is 1.92 bits per heavy atom. The Balaban J connectivity index is 1.34. The monoisotopic (exact) mass is 523 g/mol. The normalized spacial score (nSPS) is 19.4. The third kappa shape index (κ3) is 6.65. The lowest BCUT2D eigenvalue weighted by molar-refractivity contribution is -0.134. The summed E-state index contributed by atoms with van der Waals surface area (Å²) in [5.41, 5.74) is 0.756. The molecule has 0 bridgehead atoms. The number of hydrogen-bond donors (Lipinski definition) is 3. The zero-order chi connectivity index (χ0) is 27.2. The molecule has 2 heterocycles. The van der Waals surface area contributed by atoms with E-state index in [9.17, 15) is 24.6 Å². The van der Waals surface area contributed by atoms with Crippen molar-refractivity contribution in [2.24, 2.45) is 0 Å². The Morgan fingerprint density at radius 1 is 1.16 bits per heavy atom. The number of allylic oxidation sites excluding steroid dienone is 1. The van der Waals surface area contributed by atoms with Gasteiger partial charge in [-0.25, -0.2) is 4.79 Å². The van der Waals surface area contributed by atoms with Crippen LogP contribution in [0.25, 0.3) is 11.0 Å². The Morgan fingerprint density at radius 3 is 2.63 bits per heavy atom. The van der Waals surface area contributed by atoms with E-state index >= 15 is 0 Å². The van der Waals surface area contributed by atoms with Crippen molar-refractivity contribution in [3.63, 3.8) is 0 Å². The Bertz CT molecular complexity index is 1400. The third-order valence-electron chi connectivity index (χ3n) is 5.98. The maximum atomic E-state index is 12.6. The zero-order valence-corrected chi connectivity index (χ0v) is 21.0. The summed E-state index contributed by atoms with van der Waals surface area (Å²) >= 11 is 0. The van der Waals surface area contributed by atoms with E-state index in [0.717, 1.165) is 5.57 Å². The van der Waals surface area contributed by atoms with Crippen LogP contribution in [0.3, 0.4) is 0 Å². The molecule has 2 aromatic carbocycles. The minimum Gasteiger partial charge on any atom is -0.462 e. The summed E-state index contributed by atoms with van der Waals surface area (Å²) in [5.74, 6) is 0.0305. The molecule has 1 aliphatic heterocycles. The Hall–Kier alpha value is -3.99. The minimum atomic E-state index is -1.20. The molecule has 10 nitrogen and oxygen atoms in total. The number of nitrogens with one attached hydrogen (secondary N) is 1. The molecule has 3 aromatic rings. The van der Waals surface area contributed by atoms with Crippen LogP contribution < -0.4 is 20.4 Å². The number of benzene rings is 2. The number of amides is 1. The summed E-state index contributed by atoms with van der Waals surface area (Å²) in [6, 6.07) is 13.6. The van der Waals surface area contributed by atoms with E-state index in [1.54, 1.807) is 56.3 Å². The SMILES string of the molecule is CC(=CCCC(=O)Oc1ccccc1)CC(=O)Nc1cc2ccc(O[C@@H]3OC[C@H](O)[C@@H]3O)c(C)c2oc1=O. The van der Waals surface area contributed by atoms with E-state index < -0.39 is 30.0 Å². The van der Waals surface area contributed by atoms with Crippen molar-refractivity contribution in [3.8, 4) is 11.5 Å². The second-order valence-electron chi connectivity index (χ2n) is 9.03. The molecule has 3 N–H and O–H groups in total. The fourth-order valence-corrected chi connectivity index (χ4v) is 3.95. The van der Waals surface area contributed by atoms with Crippen molar-refractivity contribution in [2.75, 3.05) is 11.9 Å². The molecule has 3 atom stereocenters. The first-order valence-corrected chi connectivity index (χ1v) is 12.1. The van der Waals surface area contributed by atoms with Gasteiger partial charge in [-0.1, -0.05) is 29.8 Å². The number of anilines is 1. The van der Waals surface area contributed by atoms with Crippen LogP contribution in [0.1, 0.15) is 31.7 Å². The molecule has 4 rings (SSSR count). The molecule has 0 radical (unpaired) electrons. The lowest BCUT2D eigenvalue weighted by Gasteiger charge is -2.18. The highest BCUT2D eigenvalue weighted by Crippen LogP contribution is 2.30. The summed E-state index contributed by atoms with van der Waals surface area (Å²) < 4.78 is 21.6. The van der Waals surface area contributed by atoms with E-state index in [4.69, 9.17) is 18.6 Å². The lowest BCUT2D eigenvalue weighted by Crippen LogP contribution is -2.33. The molecule has 200 valence electrons. The molecule has 1 saturated heterocycles. The second-order valence-corrected chi connectivity index (χ2v) is 9.03. The van der Waals surface area contributed by atoms with Crippen LogP contribution in [-0.2, 0) is 14.3 Å². The fraction of sp³-hybridized carbons (Fsp3) is 0.321. The molecule has 1 aliphatic rings. The molecule has 1 fully saturated rings. The highest BCUT2D eigenvalue weighted by Gasteiger charge is 2.36. The molecule has 0 saturated carbocycles. The van der Waals surface area contributed by atoms with Crippen LogP contribution >= 0.6 is 0 Å². The van der Waals surface area contributed by atoms with Gasteiger partial charge in [-0.05, 0) is 50.6 Å². The number of aliphatic hydroxyl groups excluding tert-OH is 2. The van der Waals surface area contributed by atoms with E-state index in [1.807, 2.05) is 6.07 Å². The average molecular weight is 524 g/mol. The van der Waals surface area contributed by atoms with Crippen LogP contribution in [-0.4, -0.2) is 47.2 Å². The van der Waals surface area contributed by atoms with Crippen LogP contribution in [0.2, 0.25) is 0 Å². The van der Waals surface area contributed by atoms with Crippen LogP contribution in [0, 0.1) is 6.92 Å². The van der Waals surface area contributed by atoms with Gasteiger partial charge < -0.3 is 34.2 Å². The van der Waals surface area contributed by atoms with Gasteiger partial charge in [0.1, 0.15) is 35.0 Å². The molecular formula is C28H29NO9. The maximum absolute atomic E-state index is 12.6. The summed E-state index contributed by atoms with van der Waals surface area (Å²) in [5, 5.41) is 22.7. The molecule has 1 aromatic heterocycles. The average Bonchev–Trinajstić information content (AvgIpc) is 3.19. The standard InChI is InChI=1S/C28H29NO9/c1-16(7-6-10-24(32)36-19-8-4-3-5-9-19)13-23(31)29-20-14-18-11-12-22(17(2)26(18)38-27(20)34)37-28-25(33)21(30)15-35-28/h3-5,7-9,11-12,14,21,25,28,30,33H,6,10,13,15H2,1-2H3,(H,29,31)/t21-,25-,28-/m0/s1. The maximum Gasteiger partial charge on any atom is 0.360 e. The highest BCUT2D eigenvalue weighted by molar-refractivity contribution is 5.94. The Kier molecular flexibility index (Phi) is 8.57. The fourth-order valence-electron chi connectivity index (χ4n) is 3.95. The number of rotatable bonds is 9. The first kappa shape index (κ1) is 27.1. The van der Waals surface area contributed by atoms with Gasteiger partial charge in [-0.2, -0.15) is 0 Å². The molecule has 10 heteroatoms. The molecule has 38 heavy (non-hydrogen) atoms. The molecule has 1 amide bonds. The summed E-state index contributed by atoms with van der Waals surface area (Å²) in [7, 11) is 0. The van der Waals surface area contributed by atoms with Gasteiger partial charge in [-0.15, -0.1) is 0 Å². The number of para-hydroxylation sites is 1. The first-order valence-electron chi connectivity index (χ1n) is 12.1. The van der Waals surface area contributed by atoms with E-state index in [0.29, 0.717) is 28.9 Å². The van der Waals surface area contributed by atoms with Crippen LogP contribution in [0.4, 0.5) is 5.69 Å². The van der Waals surface area contributed by atoms with Crippen molar-refractivity contribution in [1.29, 1.82) is 0 Å². The predicted octanol–water partition coefficient (Wildman–Crippen LogP) is 3.22. The summed E-state index contributed by atoms with van der Waals surface area (Å²) in [4.78, 5) is 37.0. The van der Waals surface area contributed by atoms with Crippen molar-refractivity contribution >= 4 is 28.5 Å². The van der Waals surface area contributed by atoms with E-state index in [-0.39, 0.29) is 36.7 Å². The number of ether oxygens (including phenoxy) is 3. The minimum absolute atomic E-state index is 0.00696. The topological polar surface area (TPSA) is 145 Å². The van der Waals surface area contributed by atoms with E-state index in [2.05, 4.69) is 5.32 Å². The van der Waals surface area contributed by atoms with Crippen molar-refractivity contribution in [3.05, 3.63) is 76.2 Å². The smallest absolute Gasteiger partial charge is 0.360 e. The molecule has 0 aliphatic carbocycles. The van der Waals surface area contributed by atoms with E-state index in [1.165, 1.54) is 6.07 Å². The second kappa shape index (κ2) is 12.0. The molecule has 0 spiro atoms. The van der Waals surface area contributed by atoms with Gasteiger partial charge >= 0.3 is 11.6 Å². The quantitative estimate of drug-likeness (QED) is 0.167. The number of carbonyl (C=O) groups excluding carboxylic acids is 2. The summed E-state index contributed by atoms with van der Waals surface area (Å²) in [6.07, 6.45) is -0.892. The zero-order valence-electron chi connectivity index (χ0n) is 21.0. The van der Waals surface area contributed by atoms with Gasteiger partial charge in [0.15, 0.2) is 0 Å². The van der Waals surface area contributed by atoms with Gasteiger partial charge in [0, 0.05) is 23.8 Å². The Labute approximate surface area is 218 Å². The van der Waals surface area contributed by atoms with Crippen molar-refractivity contribution in [1.82, 2.24) is 0 Å². The number of hydrogen-bond acceptors (Lipinski definition) is 9. The molecular weight excluding hydrogens is 494 g/mol. The van der Waals surface area contributed by atoms with Gasteiger partial charge in [0.2, 0.25) is 12.2 Å². The highest BCUT2D eigenvalue weighted by atomic mass is 16.7. The number of esters is 1. The number of fused-ring (bicyclic) bond motifs is 1.